The minimum Gasteiger partial charge on any atom is -0.507 e. The fraction of sp³-hybridized carbons (Fsp3) is 0.176. The van der Waals surface area contributed by atoms with Gasteiger partial charge in [0.2, 0.25) is 0 Å². The second kappa shape index (κ2) is 4.02. The monoisotopic (exact) mass is 236 g/mol. The van der Waals surface area contributed by atoms with E-state index in [4.69, 9.17) is 0 Å². The zero-order valence-corrected chi connectivity index (χ0v) is 10.7. The van der Waals surface area contributed by atoms with Crippen molar-refractivity contribution in [3.8, 4) is 16.9 Å². The highest BCUT2D eigenvalue weighted by molar-refractivity contribution is 5.72. The Labute approximate surface area is 107 Å². The smallest absolute Gasteiger partial charge is 0.121 e. The Balaban J connectivity index is 2.13. The molecule has 1 heteroatoms. The Morgan fingerprint density at radius 1 is 0.944 bits per heavy atom. The summed E-state index contributed by atoms with van der Waals surface area (Å²) >= 11 is 0. The van der Waals surface area contributed by atoms with Crippen LogP contribution in [-0.4, -0.2) is 5.11 Å². The molecular formula is C17H16O. The van der Waals surface area contributed by atoms with Crippen LogP contribution < -0.4 is 0 Å². The third kappa shape index (κ3) is 1.72. The van der Waals surface area contributed by atoms with Gasteiger partial charge in [-0.25, -0.2) is 0 Å². The summed E-state index contributed by atoms with van der Waals surface area (Å²) in [5.74, 6) is 0.403. The number of hydrogen-bond acceptors (Lipinski definition) is 1. The van der Waals surface area contributed by atoms with Gasteiger partial charge in [-0.2, -0.15) is 0 Å². The minimum atomic E-state index is 0.403. The highest BCUT2D eigenvalue weighted by Gasteiger charge is 2.09. The van der Waals surface area contributed by atoms with Gasteiger partial charge in [-0.1, -0.05) is 24.3 Å². The molecule has 2 aromatic carbocycles. The van der Waals surface area contributed by atoms with Crippen LogP contribution in [0.3, 0.4) is 0 Å². The minimum absolute atomic E-state index is 0.403. The van der Waals surface area contributed by atoms with Gasteiger partial charge in [0.1, 0.15) is 5.75 Å². The van der Waals surface area contributed by atoms with Crippen molar-refractivity contribution in [3.05, 3.63) is 58.7 Å². The van der Waals surface area contributed by atoms with Crippen molar-refractivity contribution in [3.63, 3.8) is 0 Å². The van der Waals surface area contributed by atoms with Crippen molar-refractivity contribution in [2.75, 3.05) is 0 Å². The van der Waals surface area contributed by atoms with Gasteiger partial charge in [0.25, 0.3) is 0 Å². The van der Waals surface area contributed by atoms with Crippen LogP contribution >= 0.6 is 0 Å². The largest absolute Gasteiger partial charge is 0.507 e. The topological polar surface area (TPSA) is 20.2 Å². The van der Waals surface area contributed by atoms with Gasteiger partial charge < -0.3 is 5.11 Å². The molecule has 0 saturated heterocycles. The van der Waals surface area contributed by atoms with Crippen LogP contribution in [0.2, 0.25) is 0 Å². The Morgan fingerprint density at radius 3 is 2.39 bits per heavy atom. The molecule has 1 aliphatic carbocycles. The summed E-state index contributed by atoms with van der Waals surface area (Å²) in [4.78, 5) is 0. The Bertz CT molecular complexity index is 628. The molecule has 0 heterocycles. The van der Waals surface area contributed by atoms with Crippen molar-refractivity contribution in [1.82, 2.24) is 0 Å². The van der Waals surface area contributed by atoms with Crippen LogP contribution in [0.4, 0.5) is 0 Å². The Hall–Kier alpha value is -2.02. The van der Waals surface area contributed by atoms with E-state index in [1.54, 1.807) is 0 Å². The van der Waals surface area contributed by atoms with E-state index in [-0.39, 0.29) is 0 Å². The van der Waals surface area contributed by atoms with Crippen molar-refractivity contribution < 1.29 is 5.11 Å². The lowest BCUT2D eigenvalue weighted by atomic mass is 9.97. The number of allylic oxidation sites excluding steroid dienone is 1. The van der Waals surface area contributed by atoms with Crippen molar-refractivity contribution in [1.29, 1.82) is 0 Å². The average molecular weight is 236 g/mol. The van der Waals surface area contributed by atoms with Crippen LogP contribution in [0.5, 0.6) is 5.75 Å². The quantitative estimate of drug-likeness (QED) is 0.785. The van der Waals surface area contributed by atoms with Crippen LogP contribution in [0, 0.1) is 13.8 Å². The summed E-state index contributed by atoms with van der Waals surface area (Å²) in [6.45, 7) is 3.89. The number of phenols is 1. The molecule has 1 nitrogen and oxygen atoms in total. The van der Waals surface area contributed by atoms with Crippen LogP contribution in [0.15, 0.2) is 36.4 Å². The standard InChI is InChI=1S/C17H16O/c1-11-8-16(9-12(2)17(11)18)15-7-6-13-4-3-5-14(13)10-15/h3,5-10,18H,4H2,1-2H3. The van der Waals surface area contributed by atoms with Gasteiger partial charge in [0.15, 0.2) is 0 Å². The van der Waals surface area contributed by atoms with E-state index in [2.05, 4.69) is 30.4 Å². The van der Waals surface area contributed by atoms with Gasteiger partial charge in [0, 0.05) is 0 Å². The molecular weight excluding hydrogens is 220 g/mol. The van der Waals surface area contributed by atoms with Gasteiger partial charge in [-0.15, -0.1) is 0 Å². The van der Waals surface area contributed by atoms with Crippen molar-refractivity contribution >= 4 is 6.08 Å². The highest BCUT2D eigenvalue weighted by atomic mass is 16.3. The number of rotatable bonds is 1. The van der Waals surface area contributed by atoms with E-state index in [9.17, 15) is 5.11 Å². The number of aryl methyl sites for hydroxylation is 2. The molecule has 1 aliphatic rings. The number of fused-ring (bicyclic) bond motifs is 1. The zero-order chi connectivity index (χ0) is 12.7. The molecule has 0 radical (unpaired) electrons. The van der Waals surface area contributed by atoms with Crippen LogP contribution in [-0.2, 0) is 6.42 Å². The normalized spacial score (nSPS) is 12.8. The summed E-state index contributed by atoms with van der Waals surface area (Å²) < 4.78 is 0. The summed E-state index contributed by atoms with van der Waals surface area (Å²) in [6, 6.07) is 10.7. The molecule has 0 aliphatic heterocycles. The Kier molecular flexibility index (Phi) is 2.48. The highest BCUT2D eigenvalue weighted by Crippen LogP contribution is 2.31. The third-order valence-electron chi connectivity index (χ3n) is 3.61. The molecule has 0 aromatic heterocycles. The van der Waals surface area contributed by atoms with Crippen molar-refractivity contribution in [2.24, 2.45) is 0 Å². The van der Waals surface area contributed by atoms with Crippen LogP contribution in [0.25, 0.3) is 17.2 Å². The van der Waals surface area contributed by atoms with Gasteiger partial charge in [-0.3, -0.25) is 0 Å². The molecule has 3 rings (SSSR count). The number of benzene rings is 2. The van der Waals surface area contributed by atoms with E-state index < -0.39 is 0 Å². The van der Waals surface area contributed by atoms with E-state index in [0.717, 1.165) is 17.5 Å². The maximum atomic E-state index is 9.82. The second-order valence-electron chi connectivity index (χ2n) is 4.98. The first-order valence-corrected chi connectivity index (χ1v) is 6.25. The molecule has 0 unspecified atom stereocenters. The first-order chi connectivity index (χ1) is 8.65. The number of hydrogen-bond donors (Lipinski definition) is 1. The van der Waals surface area contributed by atoms with Gasteiger partial charge in [0.05, 0.1) is 0 Å². The summed E-state index contributed by atoms with van der Waals surface area (Å²) in [6.07, 6.45) is 5.42. The number of aromatic hydroxyl groups is 1. The average Bonchev–Trinajstić information content (AvgIpc) is 2.82. The molecule has 0 amide bonds. The van der Waals surface area contributed by atoms with E-state index in [1.165, 1.54) is 22.3 Å². The first-order valence-electron chi connectivity index (χ1n) is 6.25. The lowest BCUT2D eigenvalue weighted by Gasteiger charge is -2.09. The molecule has 18 heavy (non-hydrogen) atoms. The van der Waals surface area contributed by atoms with E-state index in [1.807, 2.05) is 26.0 Å². The van der Waals surface area contributed by atoms with Gasteiger partial charge in [-0.05, 0) is 71.8 Å². The summed E-state index contributed by atoms with van der Waals surface area (Å²) in [7, 11) is 0. The SMILES string of the molecule is Cc1cc(-c2ccc3c(c2)C=CC3)cc(C)c1O. The summed E-state index contributed by atoms with van der Waals surface area (Å²) in [5.41, 5.74) is 6.96. The molecule has 0 atom stereocenters. The molecule has 0 bridgehead atoms. The lowest BCUT2D eigenvalue weighted by Crippen LogP contribution is -1.87. The molecule has 0 spiro atoms. The molecule has 0 fully saturated rings. The maximum absolute atomic E-state index is 9.82. The van der Waals surface area contributed by atoms with Crippen LogP contribution in [0.1, 0.15) is 22.3 Å². The van der Waals surface area contributed by atoms with E-state index >= 15 is 0 Å². The second-order valence-corrected chi connectivity index (χ2v) is 4.98. The predicted molar refractivity (Wildman–Crippen MR) is 75.8 cm³/mol. The molecule has 0 saturated carbocycles. The lowest BCUT2D eigenvalue weighted by molar-refractivity contribution is 0.467. The third-order valence-corrected chi connectivity index (χ3v) is 3.61. The van der Waals surface area contributed by atoms with E-state index in [0.29, 0.717) is 5.75 Å². The fourth-order valence-electron chi connectivity index (χ4n) is 2.55. The molecule has 90 valence electrons. The molecule has 2 aromatic rings. The Morgan fingerprint density at radius 2 is 1.67 bits per heavy atom. The van der Waals surface area contributed by atoms with Gasteiger partial charge >= 0.3 is 0 Å². The predicted octanol–water partition coefficient (Wildman–Crippen LogP) is 4.25. The molecule has 1 N–H and O–H groups in total. The first kappa shape index (κ1) is 11.1. The van der Waals surface area contributed by atoms with Crippen molar-refractivity contribution in [2.45, 2.75) is 20.3 Å². The number of phenolic OH excluding ortho intramolecular Hbond substituents is 1. The summed E-state index contributed by atoms with van der Waals surface area (Å²) in [5, 5.41) is 9.82. The fourth-order valence-corrected chi connectivity index (χ4v) is 2.55. The zero-order valence-electron chi connectivity index (χ0n) is 10.7. The maximum Gasteiger partial charge on any atom is 0.121 e.